The molecule has 1 saturated heterocycles. The molecule has 1 aliphatic rings. The van der Waals surface area contributed by atoms with Gasteiger partial charge in [0.25, 0.3) is 5.91 Å². The predicted octanol–water partition coefficient (Wildman–Crippen LogP) is 3.09. The van der Waals surface area contributed by atoms with Gasteiger partial charge in [-0.1, -0.05) is 24.3 Å². The van der Waals surface area contributed by atoms with Gasteiger partial charge < -0.3 is 19.8 Å². The van der Waals surface area contributed by atoms with Gasteiger partial charge in [-0.15, -0.1) is 0 Å². The second-order valence-corrected chi connectivity index (χ2v) is 6.65. The van der Waals surface area contributed by atoms with Crippen molar-refractivity contribution in [3.05, 3.63) is 59.9 Å². The van der Waals surface area contributed by atoms with E-state index in [1.165, 1.54) is 0 Å². The fraction of sp³-hybridized carbons (Fsp3) is 0.333. The Morgan fingerprint density at radius 2 is 2.07 bits per heavy atom. The summed E-state index contributed by atoms with van der Waals surface area (Å²) >= 11 is 0. The first-order valence-electron chi connectivity index (χ1n) is 9.35. The van der Waals surface area contributed by atoms with Crippen molar-refractivity contribution in [2.75, 3.05) is 19.8 Å². The average molecular weight is 365 g/mol. The van der Waals surface area contributed by atoms with Crippen LogP contribution in [0.1, 0.15) is 29.0 Å². The number of benzene rings is 2. The number of para-hydroxylation sites is 3. The zero-order valence-electron chi connectivity index (χ0n) is 15.1. The quantitative estimate of drug-likeness (QED) is 0.675. The number of carbonyl (C=O) groups excluding carboxylic acids is 1. The lowest BCUT2D eigenvalue weighted by atomic mass is 10.2. The highest BCUT2D eigenvalue weighted by atomic mass is 16.5. The summed E-state index contributed by atoms with van der Waals surface area (Å²) in [6.07, 6.45) is 2.83. The van der Waals surface area contributed by atoms with Crippen LogP contribution in [-0.2, 0) is 11.2 Å². The molecule has 0 saturated carbocycles. The predicted molar refractivity (Wildman–Crippen MR) is 103 cm³/mol. The van der Waals surface area contributed by atoms with Crippen molar-refractivity contribution in [1.82, 2.24) is 15.3 Å². The number of aromatic nitrogens is 2. The van der Waals surface area contributed by atoms with E-state index in [0.29, 0.717) is 30.9 Å². The van der Waals surface area contributed by atoms with E-state index in [9.17, 15) is 4.79 Å². The summed E-state index contributed by atoms with van der Waals surface area (Å²) in [4.78, 5) is 20.4. The van der Waals surface area contributed by atoms with Gasteiger partial charge in [0, 0.05) is 19.6 Å². The SMILES string of the molecule is O=C(NCCc1nc2ccccc2[nH]1)c1ccccc1OC[C@H]1CCCO1. The molecule has 3 aromatic rings. The first kappa shape index (κ1) is 17.5. The van der Waals surface area contributed by atoms with Crippen LogP contribution in [0.2, 0.25) is 0 Å². The number of ether oxygens (including phenoxy) is 2. The minimum Gasteiger partial charge on any atom is -0.490 e. The summed E-state index contributed by atoms with van der Waals surface area (Å²) < 4.78 is 11.4. The van der Waals surface area contributed by atoms with E-state index in [4.69, 9.17) is 9.47 Å². The molecule has 27 heavy (non-hydrogen) atoms. The van der Waals surface area contributed by atoms with Gasteiger partial charge in [-0.25, -0.2) is 4.98 Å². The molecule has 6 heteroatoms. The van der Waals surface area contributed by atoms with Crippen LogP contribution in [0.25, 0.3) is 11.0 Å². The highest BCUT2D eigenvalue weighted by Crippen LogP contribution is 2.20. The summed E-state index contributed by atoms with van der Waals surface area (Å²) in [5.41, 5.74) is 2.48. The maximum atomic E-state index is 12.6. The number of H-pyrrole nitrogens is 1. The Balaban J connectivity index is 1.33. The zero-order chi connectivity index (χ0) is 18.5. The number of imidazole rings is 1. The molecule has 1 fully saturated rings. The Morgan fingerprint density at radius 1 is 1.22 bits per heavy atom. The molecule has 0 radical (unpaired) electrons. The Kier molecular flexibility index (Phi) is 5.34. The topological polar surface area (TPSA) is 76.2 Å². The van der Waals surface area contributed by atoms with E-state index < -0.39 is 0 Å². The van der Waals surface area contributed by atoms with Crippen LogP contribution in [0.3, 0.4) is 0 Å². The number of fused-ring (bicyclic) bond motifs is 1. The van der Waals surface area contributed by atoms with Gasteiger partial charge in [-0.2, -0.15) is 0 Å². The minimum absolute atomic E-state index is 0.120. The Labute approximate surface area is 157 Å². The molecule has 0 aliphatic carbocycles. The second kappa shape index (κ2) is 8.22. The number of amides is 1. The number of carbonyl (C=O) groups is 1. The van der Waals surface area contributed by atoms with Crippen LogP contribution in [0, 0.1) is 0 Å². The number of hydrogen-bond donors (Lipinski definition) is 2. The Morgan fingerprint density at radius 3 is 2.93 bits per heavy atom. The monoisotopic (exact) mass is 365 g/mol. The van der Waals surface area contributed by atoms with Gasteiger partial charge in [0.05, 0.1) is 22.7 Å². The maximum absolute atomic E-state index is 12.6. The lowest BCUT2D eigenvalue weighted by Gasteiger charge is -2.14. The third-order valence-electron chi connectivity index (χ3n) is 4.67. The van der Waals surface area contributed by atoms with Crippen LogP contribution in [0.15, 0.2) is 48.5 Å². The third-order valence-corrected chi connectivity index (χ3v) is 4.67. The van der Waals surface area contributed by atoms with E-state index in [1.54, 1.807) is 6.07 Å². The summed E-state index contributed by atoms with van der Waals surface area (Å²) in [5, 5.41) is 2.95. The minimum atomic E-state index is -0.144. The van der Waals surface area contributed by atoms with Crippen molar-refractivity contribution in [2.24, 2.45) is 0 Å². The third kappa shape index (κ3) is 4.28. The van der Waals surface area contributed by atoms with Crippen LogP contribution >= 0.6 is 0 Å². The largest absolute Gasteiger partial charge is 0.490 e. The first-order chi connectivity index (χ1) is 13.3. The van der Waals surface area contributed by atoms with Crippen LogP contribution in [0.4, 0.5) is 0 Å². The summed E-state index contributed by atoms with van der Waals surface area (Å²) in [5.74, 6) is 1.31. The normalized spacial score (nSPS) is 16.5. The molecule has 1 aromatic heterocycles. The lowest BCUT2D eigenvalue weighted by molar-refractivity contribution is 0.0670. The Hall–Kier alpha value is -2.86. The lowest BCUT2D eigenvalue weighted by Crippen LogP contribution is -2.27. The molecule has 0 spiro atoms. The van der Waals surface area contributed by atoms with Gasteiger partial charge in [0.1, 0.15) is 18.2 Å². The number of rotatable bonds is 7. The number of aromatic amines is 1. The molecule has 1 aliphatic heterocycles. The molecule has 2 heterocycles. The molecule has 0 bridgehead atoms. The molecule has 1 atom stereocenters. The first-order valence-corrected chi connectivity index (χ1v) is 9.35. The van der Waals surface area contributed by atoms with Crippen LogP contribution in [-0.4, -0.2) is 41.7 Å². The summed E-state index contributed by atoms with van der Waals surface area (Å²) in [7, 11) is 0. The van der Waals surface area contributed by atoms with E-state index in [-0.39, 0.29) is 12.0 Å². The van der Waals surface area contributed by atoms with Crippen molar-refractivity contribution in [2.45, 2.75) is 25.4 Å². The summed E-state index contributed by atoms with van der Waals surface area (Å²) in [6, 6.07) is 15.2. The molecule has 1 amide bonds. The smallest absolute Gasteiger partial charge is 0.255 e. The summed E-state index contributed by atoms with van der Waals surface area (Å²) in [6.45, 7) is 1.76. The highest BCUT2D eigenvalue weighted by molar-refractivity contribution is 5.96. The van der Waals surface area contributed by atoms with E-state index in [1.807, 2.05) is 42.5 Å². The molecular weight excluding hydrogens is 342 g/mol. The number of nitrogens with one attached hydrogen (secondary N) is 2. The van der Waals surface area contributed by atoms with Gasteiger partial charge in [0.2, 0.25) is 0 Å². The van der Waals surface area contributed by atoms with E-state index >= 15 is 0 Å². The zero-order valence-corrected chi connectivity index (χ0v) is 15.1. The molecule has 2 N–H and O–H groups in total. The van der Waals surface area contributed by atoms with Gasteiger partial charge in [-0.05, 0) is 37.1 Å². The number of hydrogen-bond acceptors (Lipinski definition) is 4. The van der Waals surface area contributed by atoms with Crippen molar-refractivity contribution >= 4 is 16.9 Å². The maximum Gasteiger partial charge on any atom is 0.255 e. The van der Waals surface area contributed by atoms with Gasteiger partial charge in [0.15, 0.2) is 0 Å². The molecule has 4 rings (SSSR count). The second-order valence-electron chi connectivity index (χ2n) is 6.65. The van der Waals surface area contributed by atoms with E-state index in [0.717, 1.165) is 36.3 Å². The molecule has 6 nitrogen and oxygen atoms in total. The standard InChI is InChI=1S/C21H23N3O3/c25-21(22-12-11-20-23-17-8-2-3-9-18(17)24-20)16-7-1-4-10-19(16)27-14-15-6-5-13-26-15/h1-4,7-10,15H,5-6,11-14H2,(H,22,25)(H,23,24)/t15-/m1/s1. The van der Waals surface area contributed by atoms with Crippen LogP contribution in [0.5, 0.6) is 5.75 Å². The molecule has 140 valence electrons. The van der Waals surface area contributed by atoms with Crippen molar-refractivity contribution in [3.8, 4) is 5.75 Å². The fourth-order valence-electron chi connectivity index (χ4n) is 3.25. The van der Waals surface area contributed by atoms with Gasteiger partial charge >= 0.3 is 0 Å². The van der Waals surface area contributed by atoms with Crippen molar-refractivity contribution in [3.63, 3.8) is 0 Å². The Bertz CT molecular complexity index is 883. The van der Waals surface area contributed by atoms with Crippen molar-refractivity contribution in [1.29, 1.82) is 0 Å². The average Bonchev–Trinajstić information content (AvgIpc) is 3.35. The molecule has 0 unspecified atom stereocenters. The number of nitrogens with zero attached hydrogens (tertiary/aromatic N) is 1. The molecular formula is C21H23N3O3. The van der Waals surface area contributed by atoms with Crippen molar-refractivity contribution < 1.29 is 14.3 Å². The van der Waals surface area contributed by atoms with E-state index in [2.05, 4.69) is 15.3 Å². The molecule has 2 aromatic carbocycles. The van der Waals surface area contributed by atoms with Gasteiger partial charge in [-0.3, -0.25) is 4.79 Å². The van der Waals surface area contributed by atoms with Crippen LogP contribution < -0.4 is 10.1 Å². The highest BCUT2D eigenvalue weighted by Gasteiger charge is 2.18. The fourth-order valence-corrected chi connectivity index (χ4v) is 3.25.